The zero-order chi connectivity index (χ0) is 39.3. The molecule has 1 nitrogen and oxygen atoms in total. The molecule has 0 N–H and O–H groups in total. The van der Waals surface area contributed by atoms with Crippen LogP contribution in [0.15, 0.2) is 186 Å². The highest BCUT2D eigenvalue weighted by atomic mass is 16.3. The van der Waals surface area contributed by atoms with Gasteiger partial charge in [-0.25, -0.2) is 0 Å². The van der Waals surface area contributed by atoms with Crippen molar-refractivity contribution in [3.05, 3.63) is 182 Å². The monoisotopic (exact) mass is 630 g/mol. The number of hydrogen-bond donors (Lipinski definition) is 0. The minimum absolute atomic E-state index is 0.184. The summed E-state index contributed by atoms with van der Waals surface area (Å²) in [5.74, 6) is 0. The molecule has 0 aliphatic carbocycles. The lowest BCUT2D eigenvalue weighted by Crippen LogP contribution is -1.91. The Kier molecular flexibility index (Phi) is 4.69. The van der Waals surface area contributed by atoms with Crippen LogP contribution in [0.5, 0.6) is 0 Å². The van der Waals surface area contributed by atoms with Gasteiger partial charge in [0.15, 0.2) is 0 Å². The zero-order valence-corrected chi connectivity index (χ0v) is 26.1. The Morgan fingerprint density at radius 1 is 0.367 bits per heavy atom. The van der Waals surface area contributed by atoms with E-state index in [2.05, 4.69) is 6.07 Å². The molecule has 228 valence electrons. The van der Waals surface area contributed by atoms with Gasteiger partial charge in [-0.05, 0) is 101 Å². The SMILES string of the molecule is [2H]c1c([2H])c([2H])c2c(-c3ccc4cc(-c5ccccc5)ccc4c3)c3c([2H])c([2H])c([2H])c([2H])c3c(-c3ccc(-c4cccc5oc6ccccc6c45)cc3)c2c1[2H]. The maximum atomic E-state index is 9.34. The molecule has 0 saturated carbocycles. The zero-order valence-electron chi connectivity index (χ0n) is 34.1. The van der Waals surface area contributed by atoms with Crippen molar-refractivity contribution in [1.82, 2.24) is 0 Å². The molecule has 0 bridgehead atoms. The summed E-state index contributed by atoms with van der Waals surface area (Å²) in [4.78, 5) is 0. The number of furan rings is 1. The summed E-state index contributed by atoms with van der Waals surface area (Å²) < 4.78 is 78.7. The fraction of sp³-hybridized carbons (Fsp3) is 0. The van der Waals surface area contributed by atoms with Gasteiger partial charge in [0.1, 0.15) is 11.2 Å². The van der Waals surface area contributed by atoms with Crippen molar-refractivity contribution < 1.29 is 15.4 Å². The van der Waals surface area contributed by atoms with Gasteiger partial charge in [-0.3, -0.25) is 0 Å². The largest absolute Gasteiger partial charge is 0.456 e. The van der Waals surface area contributed by atoms with E-state index < -0.39 is 24.2 Å². The van der Waals surface area contributed by atoms with Crippen LogP contribution in [-0.4, -0.2) is 0 Å². The topological polar surface area (TPSA) is 13.1 Å². The second-order valence-corrected chi connectivity index (χ2v) is 12.2. The van der Waals surface area contributed by atoms with E-state index in [0.717, 1.165) is 55.0 Å². The normalized spacial score (nSPS) is 14.0. The summed E-state index contributed by atoms with van der Waals surface area (Å²) in [6, 6.07) is 40.4. The molecular weight excluding hydrogens is 593 g/mol. The van der Waals surface area contributed by atoms with Gasteiger partial charge >= 0.3 is 0 Å². The van der Waals surface area contributed by atoms with Gasteiger partial charge in [-0.2, -0.15) is 0 Å². The fourth-order valence-corrected chi connectivity index (χ4v) is 7.25. The molecule has 0 aliphatic rings. The summed E-state index contributed by atoms with van der Waals surface area (Å²) in [7, 11) is 0. The van der Waals surface area contributed by atoms with Crippen molar-refractivity contribution in [2.24, 2.45) is 0 Å². The van der Waals surface area contributed by atoms with E-state index in [9.17, 15) is 5.48 Å². The summed E-state index contributed by atoms with van der Waals surface area (Å²) in [5, 5.41) is 4.52. The van der Waals surface area contributed by atoms with E-state index in [1.807, 2.05) is 127 Å². The average molecular weight is 631 g/mol. The fourth-order valence-electron chi connectivity index (χ4n) is 7.25. The Morgan fingerprint density at radius 2 is 0.898 bits per heavy atom. The second kappa shape index (κ2) is 11.1. The van der Waals surface area contributed by atoms with Crippen LogP contribution in [0.1, 0.15) is 11.0 Å². The Bertz CT molecular complexity index is 3240. The minimum Gasteiger partial charge on any atom is -0.456 e. The highest BCUT2D eigenvalue weighted by Gasteiger charge is 2.18. The molecule has 10 aromatic rings. The van der Waals surface area contributed by atoms with E-state index in [1.54, 1.807) is 0 Å². The summed E-state index contributed by atoms with van der Waals surface area (Å²) in [6.45, 7) is 0. The average Bonchev–Trinajstić information content (AvgIpc) is 3.64. The van der Waals surface area contributed by atoms with Gasteiger partial charge in [0.25, 0.3) is 0 Å². The number of hydrogen-bond acceptors (Lipinski definition) is 1. The van der Waals surface area contributed by atoms with E-state index in [1.165, 1.54) is 0 Å². The van der Waals surface area contributed by atoms with Crippen LogP contribution in [0.3, 0.4) is 0 Å². The van der Waals surface area contributed by atoms with Crippen molar-refractivity contribution in [2.75, 3.05) is 0 Å². The van der Waals surface area contributed by atoms with Gasteiger partial charge in [-0.1, -0.05) is 158 Å². The van der Waals surface area contributed by atoms with Crippen LogP contribution in [0.4, 0.5) is 0 Å². The van der Waals surface area contributed by atoms with Crippen LogP contribution in [0.25, 0.3) is 98.8 Å². The Balaban J connectivity index is 1.27. The first-order valence-electron chi connectivity index (χ1n) is 20.2. The maximum Gasteiger partial charge on any atom is 0.136 e. The quantitative estimate of drug-likeness (QED) is 0.176. The van der Waals surface area contributed by atoms with E-state index >= 15 is 0 Å². The highest BCUT2D eigenvalue weighted by molar-refractivity contribution is 6.22. The van der Waals surface area contributed by atoms with Crippen LogP contribution in [-0.2, 0) is 0 Å². The van der Waals surface area contributed by atoms with Crippen LogP contribution >= 0.6 is 0 Å². The maximum absolute atomic E-state index is 9.34. The molecule has 0 atom stereocenters. The highest BCUT2D eigenvalue weighted by Crippen LogP contribution is 2.45. The van der Waals surface area contributed by atoms with Crippen LogP contribution < -0.4 is 0 Å². The molecule has 1 heterocycles. The number of para-hydroxylation sites is 1. The van der Waals surface area contributed by atoms with Gasteiger partial charge in [-0.15, -0.1) is 0 Å². The lowest BCUT2D eigenvalue weighted by molar-refractivity contribution is 0.669. The Morgan fingerprint density at radius 3 is 1.59 bits per heavy atom. The lowest BCUT2D eigenvalue weighted by Gasteiger charge is -2.18. The molecule has 0 saturated heterocycles. The van der Waals surface area contributed by atoms with E-state index in [-0.39, 0.29) is 45.7 Å². The predicted molar refractivity (Wildman–Crippen MR) is 208 cm³/mol. The molecule has 1 heteroatoms. The van der Waals surface area contributed by atoms with E-state index in [0.29, 0.717) is 22.3 Å². The van der Waals surface area contributed by atoms with Gasteiger partial charge < -0.3 is 4.42 Å². The van der Waals surface area contributed by atoms with Crippen molar-refractivity contribution in [1.29, 1.82) is 0 Å². The summed E-state index contributed by atoms with van der Waals surface area (Å²) >= 11 is 0. The Hall–Kier alpha value is -6.44. The van der Waals surface area contributed by atoms with Crippen LogP contribution in [0, 0.1) is 0 Å². The molecule has 0 fully saturated rings. The number of benzene rings is 9. The number of rotatable bonds is 4. The second-order valence-electron chi connectivity index (χ2n) is 12.2. The van der Waals surface area contributed by atoms with Crippen molar-refractivity contribution >= 4 is 54.3 Å². The van der Waals surface area contributed by atoms with Gasteiger partial charge in [0, 0.05) is 10.8 Å². The standard InChI is InChI=1S/C48H30O/c1-2-11-31(12-3-1)34-25-26-36-30-37(28-27-35(36)29-34)47-41-15-6-4-13-39(41)46(40-14-5-7-16-42(40)47)33-23-21-32(22-24-33)38-18-10-20-45-48(38)43-17-8-9-19-44(43)49-45/h1-30H/i4D,5D,6D,7D,13D,14D,15D,16D. The molecule has 0 aliphatic heterocycles. The molecule has 0 unspecified atom stereocenters. The summed E-state index contributed by atoms with van der Waals surface area (Å²) in [5.41, 5.74) is 7.24. The molecule has 1 aromatic heterocycles. The first-order valence-corrected chi connectivity index (χ1v) is 16.2. The van der Waals surface area contributed by atoms with Crippen molar-refractivity contribution in [2.45, 2.75) is 0 Å². The minimum atomic E-state index is -0.429. The molecule has 9 aromatic carbocycles. The first-order chi connectivity index (χ1) is 27.6. The predicted octanol–water partition coefficient (Wildman–Crippen LogP) is 13.7. The molecule has 0 radical (unpaired) electrons. The smallest absolute Gasteiger partial charge is 0.136 e. The summed E-state index contributed by atoms with van der Waals surface area (Å²) in [6.07, 6.45) is 0. The van der Waals surface area contributed by atoms with Crippen LogP contribution in [0.2, 0.25) is 0 Å². The van der Waals surface area contributed by atoms with Crippen molar-refractivity contribution in [3.63, 3.8) is 0 Å². The molecular formula is C48H30O. The van der Waals surface area contributed by atoms with Gasteiger partial charge in [0.05, 0.1) is 11.0 Å². The molecule has 0 amide bonds. The van der Waals surface area contributed by atoms with E-state index in [4.69, 9.17) is 9.90 Å². The lowest BCUT2D eigenvalue weighted by atomic mass is 9.85. The number of fused-ring (bicyclic) bond motifs is 6. The Labute approximate surface area is 295 Å². The third-order valence-corrected chi connectivity index (χ3v) is 9.50. The van der Waals surface area contributed by atoms with Crippen molar-refractivity contribution in [3.8, 4) is 44.5 Å². The third-order valence-electron chi connectivity index (χ3n) is 9.50. The molecule has 0 spiro atoms. The van der Waals surface area contributed by atoms with Gasteiger partial charge in [0.2, 0.25) is 0 Å². The third kappa shape index (κ3) is 4.47. The first kappa shape index (κ1) is 20.7. The molecule has 10 rings (SSSR count). The molecule has 49 heavy (non-hydrogen) atoms.